The maximum absolute atomic E-state index is 9.29. The van der Waals surface area contributed by atoms with Crippen molar-refractivity contribution in [3.63, 3.8) is 0 Å². The van der Waals surface area contributed by atoms with Crippen LogP contribution in [-0.4, -0.2) is 0 Å². The van der Waals surface area contributed by atoms with Crippen LogP contribution in [-0.2, 0) is 0 Å². The Morgan fingerprint density at radius 2 is 1.86 bits per heavy atom. The van der Waals surface area contributed by atoms with E-state index in [0.29, 0.717) is 10.6 Å². The van der Waals surface area contributed by atoms with E-state index in [-0.39, 0.29) is 0 Å². The second kappa shape index (κ2) is 5.36. The predicted octanol–water partition coefficient (Wildman–Crippen LogP) is 5.21. The lowest BCUT2D eigenvalue weighted by molar-refractivity contribution is 1.39. The van der Waals surface area contributed by atoms with Crippen molar-refractivity contribution in [2.75, 3.05) is 5.73 Å². The molecule has 104 valence electrons. The van der Waals surface area contributed by atoms with Crippen LogP contribution in [0.5, 0.6) is 0 Å². The summed E-state index contributed by atoms with van der Waals surface area (Å²) in [4.78, 5) is 2.78. The molecule has 0 amide bonds. The molecule has 0 atom stereocenters. The fraction of sp³-hybridized carbons (Fsp3) is 0.118. The average molecular weight is 310 g/mol. The minimum Gasteiger partial charge on any atom is -0.396 e. The lowest BCUT2D eigenvalue weighted by Crippen LogP contribution is -1.88. The van der Waals surface area contributed by atoms with Gasteiger partial charge in [0.2, 0.25) is 0 Å². The molecule has 2 heterocycles. The minimum absolute atomic E-state index is 0.590. The summed E-state index contributed by atoms with van der Waals surface area (Å²) in [6, 6.07) is 12.7. The van der Waals surface area contributed by atoms with Crippen LogP contribution >= 0.6 is 22.7 Å². The summed E-state index contributed by atoms with van der Waals surface area (Å²) in [6.07, 6.45) is 0. The van der Waals surface area contributed by atoms with Gasteiger partial charge in [0.25, 0.3) is 0 Å². The van der Waals surface area contributed by atoms with E-state index in [4.69, 9.17) is 5.73 Å². The summed E-state index contributed by atoms with van der Waals surface area (Å²) >= 11 is 3.12. The molecule has 0 saturated heterocycles. The maximum Gasteiger partial charge on any atom is 0.129 e. The molecule has 2 aromatic heterocycles. The van der Waals surface area contributed by atoms with Gasteiger partial charge in [-0.3, -0.25) is 0 Å². The molecule has 0 bridgehead atoms. The molecule has 0 aliphatic carbocycles. The Morgan fingerprint density at radius 3 is 2.43 bits per heavy atom. The standard InChI is InChI=1S/C17H14N2S2/c1-10-6-11(2)8-12(7-10)17-15(13-4-3-5-20-13)16(19)14(9-18)21-17/h3-8H,19H2,1-2H3. The monoisotopic (exact) mass is 310 g/mol. The highest BCUT2D eigenvalue weighted by Gasteiger charge is 2.19. The number of hydrogen-bond acceptors (Lipinski definition) is 4. The number of rotatable bonds is 2. The van der Waals surface area contributed by atoms with Crippen molar-refractivity contribution in [3.8, 4) is 27.0 Å². The first-order valence-corrected chi connectivity index (χ1v) is 8.24. The molecule has 0 aliphatic heterocycles. The highest BCUT2D eigenvalue weighted by molar-refractivity contribution is 7.18. The van der Waals surface area contributed by atoms with Crippen molar-refractivity contribution >= 4 is 28.4 Å². The summed E-state index contributed by atoms with van der Waals surface area (Å²) in [6.45, 7) is 4.17. The van der Waals surface area contributed by atoms with Crippen molar-refractivity contribution in [2.45, 2.75) is 13.8 Å². The van der Waals surface area contributed by atoms with Crippen LogP contribution in [0.15, 0.2) is 35.7 Å². The van der Waals surface area contributed by atoms with Gasteiger partial charge in [-0.2, -0.15) is 5.26 Å². The predicted molar refractivity (Wildman–Crippen MR) is 91.7 cm³/mol. The van der Waals surface area contributed by atoms with E-state index >= 15 is 0 Å². The minimum atomic E-state index is 0.590. The van der Waals surface area contributed by atoms with E-state index in [0.717, 1.165) is 20.9 Å². The molecule has 0 unspecified atom stereocenters. The van der Waals surface area contributed by atoms with Crippen LogP contribution in [0.4, 0.5) is 5.69 Å². The number of aryl methyl sites for hydroxylation is 2. The van der Waals surface area contributed by atoms with Gasteiger partial charge in [-0.1, -0.05) is 35.4 Å². The van der Waals surface area contributed by atoms with E-state index < -0.39 is 0 Å². The Bertz CT molecular complexity index is 816. The van der Waals surface area contributed by atoms with Gasteiger partial charge in [-0.05, 0) is 30.9 Å². The van der Waals surface area contributed by atoms with Gasteiger partial charge < -0.3 is 5.73 Å². The normalized spacial score (nSPS) is 10.5. The quantitative estimate of drug-likeness (QED) is 0.706. The SMILES string of the molecule is Cc1cc(C)cc(-c2sc(C#N)c(N)c2-c2cccs2)c1. The number of thiophene rings is 2. The van der Waals surface area contributed by atoms with Gasteiger partial charge in [0, 0.05) is 15.3 Å². The van der Waals surface area contributed by atoms with Crippen molar-refractivity contribution in [1.29, 1.82) is 5.26 Å². The largest absolute Gasteiger partial charge is 0.396 e. The van der Waals surface area contributed by atoms with Crippen molar-refractivity contribution < 1.29 is 0 Å². The van der Waals surface area contributed by atoms with Crippen LogP contribution in [0.2, 0.25) is 0 Å². The summed E-state index contributed by atoms with van der Waals surface area (Å²) in [7, 11) is 0. The van der Waals surface area contributed by atoms with Crippen molar-refractivity contribution in [1.82, 2.24) is 0 Å². The number of anilines is 1. The number of nitriles is 1. The molecule has 3 aromatic rings. The summed E-state index contributed by atoms with van der Waals surface area (Å²) in [5.74, 6) is 0. The Balaban J connectivity index is 2.30. The third-order valence-electron chi connectivity index (χ3n) is 3.30. The van der Waals surface area contributed by atoms with Crippen LogP contribution in [0, 0.1) is 25.2 Å². The maximum atomic E-state index is 9.29. The fourth-order valence-electron chi connectivity index (χ4n) is 2.50. The van der Waals surface area contributed by atoms with E-state index in [1.807, 2.05) is 11.4 Å². The van der Waals surface area contributed by atoms with E-state index in [1.54, 1.807) is 11.3 Å². The van der Waals surface area contributed by atoms with Crippen molar-refractivity contribution in [3.05, 3.63) is 51.7 Å². The molecule has 1 aromatic carbocycles. The lowest BCUT2D eigenvalue weighted by atomic mass is 10.0. The number of benzene rings is 1. The van der Waals surface area contributed by atoms with Gasteiger partial charge in [-0.15, -0.1) is 22.7 Å². The van der Waals surface area contributed by atoms with Crippen molar-refractivity contribution in [2.24, 2.45) is 0 Å². The molecule has 0 spiro atoms. The Hall–Kier alpha value is -2.09. The number of hydrogen-bond donors (Lipinski definition) is 1. The Kier molecular flexibility index (Phi) is 3.54. The third-order valence-corrected chi connectivity index (χ3v) is 5.34. The lowest BCUT2D eigenvalue weighted by Gasteiger charge is -2.06. The molecule has 0 fully saturated rings. The third kappa shape index (κ3) is 2.46. The summed E-state index contributed by atoms with van der Waals surface area (Å²) in [5, 5.41) is 11.3. The molecule has 21 heavy (non-hydrogen) atoms. The first-order chi connectivity index (χ1) is 10.1. The van der Waals surface area contributed by atoms with Crippen LogP contribution < -0.4 is 5.73 Å². The zero-order chi connectivity index (χ0) is 15.0. The zero-order valence-corrected chi connectivity index (χ0v) is 13.4. The number of nitrogens with two attached hydrogens (primary N) is 1. The average Bonchev–Trinajstić information content (AvgIpc) is 3.04. The highest BCUT2D eigenvalue weighted by Crippen LogP contribution is 2.46. The molecule has 2 N–H and O–H groups in total. The molecule has 0 aliphatic rings. The molecule has 0 saturated carbocycles. The van der Waals surface area contributed by atoms with E-state index in [1.165, 1.54) is 22.5 Å². The molecular weight excluding hydrogens is 296 g/mol. The fourth-order valence-corrected chi connectivity index (χ4v) is 4.38. The summed E-state index contributed by atoms with van der Waals surface area (Å²) in [5.41, 5.74) is 11.4. The van der Waals surface area contributed by atoms with Gasteiger partial charge in [-0.25, -0.2) is 0 Å². The topological polar surface area (TPSA) is 49.8 Å². The van der Waals surface area contributed by atoms with Gasteiger partial charge in [0.15, 0.2) is 0 Å². The number of nitrogen functional groups attached to an aromatic ring is 1. The molecule has 3 rings (SSSR count). The van der Waals surface area contributed by atoms with Gasteiger partial charge in [0.1, 0.15) is 10.9 Å². The van der Waals surface area contributed by atoms with Crippen LogP contribution in [0.3, 0.4) is 0 Å². The molecule has 4 heteroatoms. The Morgan fingerprint density at radius 1 is 1.14 bits per heavy atom. The summed E-state index contributed by atoms with van der Waals surface area (Å²) < 4.78 is 0. The van der Waals surface area contributed by atoms with Gasteiger partial charge in [0.05, 0.1) is 5.69 Å². The first kappa shape index (κ1) is 13.9. The Labute approximate surface area is 132 Å². The van der Waals surface area contributed by atoms with Gasteiger partial charge >= 0.3 is 0 Å². The molecule has 2 nitrogen and oxygen atoms in total. The number of nitrogens with zero attached hydrogens (tertiary/aromatic N) is 1. The second-order valence-electron chi connectivity index (χ2n) is 5.01. The smallest absolute Gasteiger partial charge is 0.129 e. The van der Waals surface area contributed by atoms with Crippen LogP contribution in [0.1, 0.15) is 16.0 Å². The van der Waals surface area contributed by atoms with E-state index in [2.05, 4.69) is 44.2 Å². The first-order valence-electron chi connectivity index (χ1n) is 6.55. The van der Waals surface area contributed by atoms with E-state index in [9.17, 15) is 5.26 Å². The molecular formula is C17H14N2S2. The highest BCUT2D eigenvalue weighted by atomic mass is 32.1. The van der Waals surface area contributed by atoms with Crippen LogP contribution in [0.25, 0.3) is 20.9 Å². The zero-order valence-electron chi connectivity index (χ0n) is 11.8. The second-order valence-corrected chi connectivity index (χ2v) is 6.98. The molecule has 0 radical (unpaired) electrons.